The summed E-state index contributed by atoms with van der Waals surface area (Å²) in [6.45, 7) is 4.13. The molecule has 3 aromatic rings. The lowest BCUT2D eigenvalue weighted by molar-refractivity contribution is 0.627. The van der Waals surface area contributed by atoms with Gasteiger partial charge in [0.1, 0.15) is 5.82 Å². The van der Waals surface area contributed by atoms with Gasteiger partial charge in [-0.2, -0.15) is 0 Å². The summed E-state index contributed by atoms with van der Waals surface area (Å²) in [7, 11) is 0. The second-order valence-corrected chi connectivity index (χ2v) is 7.74. The van der Waals surface area contributed by atoms with Crippen LogP contribution >= 0.6 is 23.1 Å². The fourth-order valence-electron chi connectivity index (χ4n) is 2.02. The average molecular weight is 345 g/mol. The number of aryl methyl sites for hydroxylation is 1. The molecule has 118 valence electrons. The molecule has 3 nitrogen and oxygen atoms in total. The third-order valence-electron chi connectivity index (χ3n) is 3.33. The number of nitrogens with one attached hydrogen (secondary N) is 1. The quantitative estimate of drug-likeness (QED) is 0.612. The van der Waals surface area contributed by atoms with Gasteiger partial charge in [0.05, 0.1) is 0 Å². The molecule has 1 N–H and O–H groups in total. The first-order valence-electron chi connectivity index (χ1n) is 7.19. The lowest BCUT2D eigenvalue weighted by atomic mass is 10.2. The number of anilines is 2. The highest BCUT2D eigenvalue weighted by atomic mass is 32.2. The summed E-state index contributed by atoms with van der Waals surface area (Å²) in [5.74, 6) is -0.216. The van der Waals surface area contributed by atoms with E-state index in [-0.39, 0.29) is 11.1 Å². The summed E-state index contributed by atoms with van der Waals surface area (Å²) in [5, 5.41) is 12.6. The average Bonchev–Trinajstić information content (AvgIpc) is 2.97. The van der Waals surface area contributed by atoms with Crippen molar-refractivity contribution < 1.29 is 4.39 Å². The van der Waals surface area contributed by atoms with Gasteiger partial charge in [0.15, 0.2) is 4.34 Å². The standard InChI is InChI=1S/C17H16FN3S2/c1-11-3-9-15(10-4-11)19-16-20-21-17(23-16)22-12(2)13-5-7-14(18)8-6-13/h3-10,12H,1-2H3,(H,19,20)/t12-/m0/s1. The summed E-state index contributed by atoms with van der Waals surface area (Å²) in [4.78, 5) is 0. The number of thioether (sulfide) groups is 1. The normalized spacial score (nSPS) is 12.1. The molecule has 0 radical (unpaired) electrons. The second-order valence-electron chi connectivity index (χ2n) is 5.18. The maximum Gasteiger partial charge on any atom is 0.210 e. The van der Waals surface area contributed by atoms with E-state index in [0.29, 0.717) is 0 Å². The van der Waals surface area contributed by atoms with Gasteiger partial charge in [-0.15, -0.1) is 10.2 Å². The first-order chi connectivity index (χ1) is 11.1. The van der Waals surface area contributed by atoms with Crippen molar-refractivity contribution in [1.82, 2.24) is 10.2 Å². The van der Waals surface area contributed by atoms with E-state index in [9.17, 15) is 4.39 Å². The van der Waals surface area contributed by atoms with Crippen LogP contribution in [0.25, 0.3) is 0 Å². The Labute approximate surface area is 143 Å². The zero-order valence-corrected chi connectivity index (χ0v) is 14.4. The van der Waals surface area contributed by atoms with Gasteiger partial charge in [-0.05, 0) is 43.7 Å². The van der Waals surface area contributed by atoms with Crippen LogP contribution in [0.5, 0.6) is 0 Å². The summed E-state index contributed by atoms with van der Waals surface area (Å²) in [5.41, 5.74) is 3.28. The molecule has 0 aliphatic carbocycles. The molecule has 1 atom stereocenters. The van der Waals surface area contributed by atoms with E-state index < -0.39 is 0 Å². The Hall–Kier alpha value is -1.92. The highest BCUT2D eigenvalue weighted by Crippen LogP contribution is 2.37. The van der Waals surface area contributed by atoms with Crippen molar-refractivity contribution in [3.63, 3.8) is 0 Å². The van der Waals surface area contributed by atoms with E-state index >= 15 is 0 Å². The molecule has 0 aliphatic rings. The van der Waals surface area contributed by atoms with Crippen molar-refractivity contribution in [2.75, 3.05) is 5.32 Å². The molecule has 0 bridgehead atoms. The summed E-state index contributed by atoms with van der Waals surface area (Å²) in [6.07, 6.45) is 0. The molecule has 0 fully saturated rings. The van der Waals surface area contributed by atoms with Crippen LogP contribution in [-0.4, -0.2) is 10.2 Å². The molecular weight excluding hydrogens is 329 g/mol. The molecule has 1 aromatic heterocycles. The zero-order valence-electron chi connectivity index (χ0n) is 12.8. The maximum atomic E-state index is 13.0. The molecule has 0 saturated heterocycles. The van der Waals surface area contributed by atoms with Gasteiger partial charge in [-0.25, -0.2) is 4.39 Å². The predicted octanol–water partition coefficient (Wildman–Crippen LogP) is 5.58. The topological polar surface area (TPSA) is 37.8 Å². The number of rotatable bonds is 5. The van der Waals surface area contributed by atoms with E-state index in [1.165, 1.54) is 29.0 Å². The highest BCUT2D eigenvalue weighted by Gasteiger charge is 2.12. The van der Waals surface area contributed by atoms with Crippen molar-refractivity contribution in [3.05, 3.63) is 65.5 Å². The molecule has 0 aliphatic heterocycles. The van der Waals surface area contributed by atoms with E-state index in [2.05, 4.69) is 41.5 Å². The molecule has 0 amide bonds. The minimum Gasteiger partial charge on any atom is -0.330 e. The van der Waals surface area contributed by atoms with Gasteiger partial charge < -0.3 is 5.32 Å². The van der Waals surface area contributed by atoms with Gasteiger partial charge in [-0.1, -0.05) is 52.9 Å². The molecular formula is C17H16FN3S2. The van der Waals surface area contributed by atoms with Crippen LogP contribution in [0.3, 0.4) is 0 Å². The smallest absolute Gasteiger partial charge is 0.210 e. The van der Waals surface area contributed by atoms with E-state index in [0.717, 1.165) is 20.7 Å². The van der Waals surface area contributed by atoms with Crippen LogP contribution in [-0.2, 0) is 0 Å². The molecule has 23 heavy (non-hydrogen) atoms. The van der Waals surface area contributed by atoms with Crippen molar-refractivity contribution >= 4 is 33.9 Å². The summed E-state index contributed by atoms with van der Waals surface area (Å²) < 4.78 is 13.9. The third-order valence-corrected chi connectivity index (χ3v) is 5.41. The maximum absolute atomic E-state index is 13.0. The number of benzene rings is 2. The van der Waals surface area contributed by atoms with Crippen LogP contribution in [0.1, 0.15) is 23.3 Å². The third kappa shape index (κ3) is 4.30. The Morgan fingerprint density at radius 3 is 2.43 bits per heavy atom. The summed E-state index contributed by atoms with van der Waals surface area (Å²) >= 11 is 3.13. The predicted molar refractivity (Wildman–Crippen MR) is 95.0 cm³/mol. The fraction of sp³-hybridized carbons (Fsp3) is 0.176. The van der Waals surface area contributed by atoms with Gasteiger partial charge in [0.2, 0.25) is 5.13 Å². The SMILES string of the molecule is Cc1ccc(Nc2nnc(S[C@@H](C)c3ccc(F)cc3)s2)cc1. The molecule has 0 unspecified atom stereocenters. The van der Waals surface area contributed by atoms with Crippen molar-refractivity contribution in [3.8, 4) is 0 Å². The van der Waals surface area contributed by atoms with Crippen LogP contribution in [0.2, 0.25) is 0 Å². The van der Waals surface area contributed by atoms with Gasteiger partial charge in [0, 0.05) is 10.9 Å². The molecule has 0 saturated carbocycles. The van der Waals surface area contributed by atoms with Crippen LogP contribution < -0.4 is 5.32 Å². The van der Waals surface area contributed by atoms with E-state index in [4.69, 9.17) is 0 Å². The Bertz CT molecular complexity index is 769. The van der Waals surface area contributed by atoms with E-state index in [1.807, 2.05) is 12.1 Å². The van der Waals surface area contributed by atoms with Crippen molar-refractivity contribution in [1.29, 1.82) is 0 Å². The van der Waals surface area contributed by atoms with Crippen LogP contribution in [0.15, 0.2) is 52.9 Å². The lowest BCUT2D eigenvalue weighted by Crippen LogP contribution is -1.89. The largest absolute Gasteiger partial charge is 0.330 e. The Morgan fingerprint density at radius 1 is 1.04 bits per heavy atom. The number of nitrogens with zero attached hydrogens (tertiary/aromatic N) is 2. The Kier molecular flexibility index (Phi) is 4.93. The first kappa shape index (κ1) is 16.0. The van der Waals surface area contributed by atoms with Gasteiger partial charge in [0.25, 0.3) is 0 Å². The monoisotopic (exact) mass is 345 g/mol. The van der Waals surface area contributed by atoms with Gasteiger partial charge >= 0.3 is 0 Å². The van der Waals surface area contributed by atoms with Crippen LogP contribution in [0, 0.1) is 12.7 Å². The van der Waals surface area contributed by atoms with Crippen LogP contribution in [0.4, 0.5) is 15.2 Å². The molecule has 1 heterocycles. The summed E-state index contributed by atoms with van der Waals surface area (Å²) in [6, 6.07) is 14.7. The van der Waals surface area contributed by atoms with Crippen molar-refractivity contribution in [2.45, 2.75) is 23.4 Å². The van der Waals surface area contributed by atoms with Gasteiger partial charge in [-0.3, -0.25) is 0 Å². The highest BCUT2D eigenvalue weighted by molar-refractivity contribution is 8.01. The minimum atomic E-state index is -0.216. The number of hydrogen-bond acceptors (Lipinski definition) is 5. The molecule has 3 rings (SSSR count). The second kappa shape index (κ2) is 7.10. The zero-order chi connectivity index (χ0) is 16.2. The van der Waals surface area contributed by atoms with Crippen molar-refractivity contribution in [2.24, 2.45) is 0 Å². The Morgan fingerprint density at radius 2 is 1.74 bits per heavy atom. The Balaban J connectivity index is 1.64. The molecule has 6 heteroatoms. The first-order valence-corrected chi connectivity index (χ1v) is 8.89. The van der Waals surface area contributed by atoms with E-state index in [1.54, 1.807) is 23.9 Å². The minimum absolute atomic E-state index is 0.191. The molecule has 2 aromatic carbocycles. The number of aromatic nitrogens is 2. The fourth-order valence-corrected chi connectivity index (χ4v) is 4.06. The molecule has 0 spiro atoms. The number of halogens is 1. The number of hydrogen-bond donors (Lipinski definition) is 1. The lowest BCUT2D eigenvalue weighted by Gasteiger charge is -2.08.